The van der Waals surface area contributed by atoms with Gasteiger partial charge in [0.15, 0.2) is 5.03 Å². The summed E-state index contributed by atoms with van der Waals surface area (Å²) in [5.41, 5.74) is 0.671. The van der Waals surface area contributed by atoms with E-state index in [9.17, 15) is 14.9 Å². The van der Waals surface area contributed by atoms with Crippen LogP contribution in [-0.4, -0.2) is 22.2 Å². The van der Waals surface area contributed by atoms with Gasteiger partial charge in [-0.05, 0) is 24.4 Å². The molecule has 0 N–H and O–H groups in total. The van der Waals surface area contributed by atoms with Crippen LogP contribution in [0.4, 0.5) is 4.79 Å². The van der Waals surface area contributed by atoms with Crippen molar-refractivity contribution in [2.24, 2.45) is 0 Å². The summed E-state index contributed by atoms with van der Waals surface area (Å²) in [5, 5.41) is 10.4. The Balaban J connectivity index is 2.74. The molecular weight excluding hydrogens is 224 g/mol. The SMILES string of the molecule is CC(C)OC(=O)N(Cc1ccccc1)[N+](=O)[O-]. The van der Waals surface area contributed by atoms with Crippen molar-refractivity contribution in [2.75, 3.05) is 0 Å². The minimum Gasteiger partial charge on any atom is -0.443 e. The first kappa shape index (κ1) is 13.0. The van der Waals surface area contributed by atoms with Gasteiger partial charge in [-0.15, -0.1) is 0 Å². The van der Waals surface area contributed by atoms with E-state index >= 15 is 0 Å². The third-order valence-electron chi connectivity index (χ3n) is 1.92. The largest absolute Gasteiger partial charge is 0.468 e. The first-order chi connectivity index (χ1) is 8.00. The second kappa shape index (κ2) is 5.83. The van der Waals surface area contributed by atoms with E-state index in [1.807, 2.05) is 0 Å². The molecule has 0 aliphatic heterocycles. The number of hydrogen-bond acceptors (Lipinski definition) is 4. The second-order valence-corrected chi connectivity index (χ2v) is 3.71. The highest BCUT2D eigenvalue weighted by atomic mass is 16.7. The average molecular weight is 238 g/mol. The highest BCUT2D eigenvalue weighted by molar-refractivity contribution is 5.66. The van der Waals surface area contributed by atoms with Crippen molar-refractivity contribution in [2.45, 2.75) is 26.5 Å². The van der Waals surface area contributed by atoms with Gasteiger partial charge >= 0.3 is 6.09 Å². The molecule has 1 aromatic rings. The van der Waals surface area contributed by atoms with Crippen LogP contribution in [0.2, 0.25) is 0 Å². The van der Waals surface area contributed by atoms with Crippen molar-refractivity contribution in [3.63, 3.8) is 0 Å². The first-order valence-electron chi connectivity index (χ1n) is 5.17. The number of nitro groups is 1. The summed E-state index contributed by atoms with van der Waals surface area (Å²) in [7, 11) is 0. The molecule has 6 nitrogen and oxygen atoms in total. The molecule has 0 unspecified atom stereocenters. The lowest BCUT2D eigenvalue weighted by atomic mass is 10.2. The van der Waals surface area contributed by atoms with Gasteiger partial charge < -0.3 is 4.74 Å². The fraction of sp³-hybridized carbons (Fsp3) is 0.364. The van der Waals surface area contributed by atoms with Crippen molar-refractivity contribution < 1.29 is 14.6 Å². The summed E-state index contributed by atoms with van der Waals surface area (Å²) >= 11 is 0. The Morgan fingerprint density at radius 2 is 2.00 bits per heavy atom. The fourth-order valence-electron chi connectivity index (χ4n) is 1.21. The monoisotopic (exact) mass is 238 g/mol. The van der Waals surface area contributed by atoms with Gasteiger partial charge in [0.2, 0.25) is 0 Å². The number of carbonyl (C=O) groups is 1. The van der Waals surface area contributed by atoms with Crippen LogP contribution in [0.5, 0.6) is 0 Å². The Morgan fingerprint density at radius 3 is 2.47 bits per heavy atom. The second-order valence-electron chi connectivity index (χ2n) is 3.71. The molecule has 0 heterocycles. The van der Waals surface area contributed by atoms with Gasteiger partial charge in [0, 0.05) is 0 Å². The number of rotatable bonds is 4. The minimum absolute atomic E-state index is 0.112. The van der Waals surface area contributed by atoms with Gasteiger partial charge in [-0.3, -0.25) is 0 Å². The Kier molecular flexibility index (Phi) is 4.45. The van der Waals surface area contributed by atoms with E-state index in [-0.39, 0.29) is 12.6 Å². The Morgan fingerprint density at radius 1 is 1.41 bits per heavy atom. The molecular formula is C11H14N2O4. The summed E-state index contributed by atoms with van der Waals surface area (Å²) in [5.74, 6) is 0. The highest BCUT2D eigenvalue weighted by Gasteiger charge is 2.26. The molecule has 0 aromatic heterocycles. The number of amides is 1. The maximum absolute atomic E-state index is 11.5. The van der Waals surface area contributed by atoms with Crippen LogP contribution in [0.1, 0.15) is 19.4 Å². The molecule has 0 fully saturated rings. The third-order valence-corrected chi connectivity index (χ3v) is 1.92. The number of ether oxygens (including phenoxy) is 1. The lowest BCUT2D eigenvalue weighted by molar-refractivity contribution is -0.639. The Labute approximate surface area is 98.9 Å². The molecule has 0 radical (unpaired) electrons. The molecule has 1 aromatic carbocycles. The molecule has 1 rings (SSSR count). The van der Waals surface area contributed by atoms with Crippen LogP contribution >= 0.6 is 0 Å². The maximum Gasteiger partial charge on any atom is 0.468 e. The standard InChI is InChI=1S/C11H14N2O4/c1-9(2)17-11(14)12(13(15)16)8-10-6-4-3-5-7-10/h3-7,9H,8H2,1-2H3. The normalized spacial score (nSPS) is 10.1. The van der Waals surface area contributed by atoms with Crippen molar-refractivity contribution in [3.8, 4) is 0 Å². The summed E-state index contributed by atoms with van der Waals surface area (Å²) < 4.78 is 4.79. The zero-order valence-electron chi connectivity index (χ0n) is 9.70. The molecule has 17 heavy (non-hydrogen) atoms. The van der Waals surface area contributed by atoms with Crippen LogP contribution < -0.4 is 0 Å². The molecule has 0 atom stereocenters. The molecule has 0 saturated heterocycles. The van der Waals surface area contributed by atoms with E-state index in [4.69, 9.17) is 4.74 Å². The molecule has 0 bridgehead atoms. The van der Waals surface area contributed by atoms with Gasteiger partial charge in [-0.1, -0.05) is 30.3 Å². The number of carbonyl (C=O) groups excluding carboxylic acids is 1. The van der Waals surface area contributed by atoms with E-state index in [2.05, 4.69) is 0 Å². The van der Waals surface area contributed by atoms with Gasteiger partial charge in [0.1, 0.15) is 6.54 Å². The summed E-state index contributed by atoms with van der Waals surface area (Å²) in [6.45, 7) is 3.16. The van der Waals surface area contributed by atoms with Crippen LogP contribution in [0.15, 0.2) is 30.3 Å². The minimum atomic E-state index is -0.950. The number of benzene rings is 1. The average Bonchev–Trinajstić information content (AvgIpc) is 2.25. The smallest absolute Gasteiger partial charge is 0.443 e. The van der Waals surface area contributed by atoms with Crippen molar-refractivity contribution in [3.05, 3.63) is 46.0 Å². The molecule has 92 valence electrons. The number of nitrogens with zero attached hydrogens (tertiary/aromatic N) is 2. The van der Waals surface area contributed by atoms with E-state index < -0.39 is 11.1 Å². The molecule has 0 aliphatic carbocycles. The molecule has 0 saturated carbocycles. The quantitative estimate of drug-likeness (QED) is 0.595. The molecule has 6 heteroatoms. The van der Waals surface area contributed by atoms with Crippen LogP contribution in [0.25, 0.3) is 0 Å². The Bertz CT molecular complexity index is 392. The van der Waals surface area contributed by atoms with E-state index in [0.717, 1.165) is 0 Å². The van der Waals surface area contributed by atoms with Gasteiger partial charge in [0.05, 0.1) is 6.10 Å². The molecule has 0 aliphatic rings. The van der Waals surface area contributed by atoms with Gasteiger partial charge in [-0.25, -0.2) is 14.9 Å². The van der Waals surface area contributed by atoms with Crippen molar-refractivity contribution >= 4 is 6.09 Å². The highest BCUT2D eigenvalue weighted by Crippen LogP contribution is 2.07. The van der Waals surface area contributed by atoms with Crippen molar-refractivity contribution in [1.29, 1.82) is 0 Å². The summed E-state index contributed by atoms with van der Waals surface area (Å²) in [6, 6.07) is 8.72. The summed E-state index contributed by atoms with van der Waals surface area (Å²) in [6.07, 6.45) is -1.34. The van der Waals surface area contributed by atoms with Gasteiger partial charge in [0.25, 0.3) is 0 Å². The molecule has 1 amide bonds. The fourth-order valence-corrected chi connectivity index (χ4v) is 1.21. The lowest BCUT2D eigenvalue weighted by Crippen LogP contribution is -2.37. The Hall–Kier alpha value is -2.11. The van der Waals surface area contributed by atoms with E-state index in [1.165, 1.54) is 0 Å². The number of hydrazine groups is 1. The van der Waals surface area contributed by atoms with Gasteiger partial charge in [-0.2, -0.15) is 0 Å². The molecule has 0 spiro atoms. The lowest BCUT2D eigenvalue weighted by Gasteiger charge is -2.14. The van der Waals surface area contributed by atoms with Crippen LogP contribution in [0, 0.1) is 10.1 Å². The predicted octanol–water partition coefficient (Wildman–Crippen LogP) is 2.23. The maximum atomic E-state index is 11.5. The van der Waals surface area contributed by atoms with E-state index in [1.54, 1.807) is 44.2 Å². The first-order valence-corrected chi connectivity index (χ1v) is 5.17. The third kappa shape index (κ3) is 4.10. The topological polar surface area (TPSA) is 72.7 Å². The van der Waals surface area contributed by atoms with Crippen molar-refractivity contribution in [1.82, 2.24) is 5.01 Å². The van der Waals surface area contributed by atoms with Crippen LogP contribution in [0.3, 0.4) is 0 Å². The summed E-state index contributed by atoms with van der Waals surface area (Å²) in [4.78, 5) is 22.2. The predicted molar refractivity (Wildman–Crippen MR) is 60.6 cm³/mol. The number of hydrogen-bond donors (Lipinski definition) is 0. The van der Waals surface area contributed by atoms with Crippen LogP contribution in [-0.2, 0) is 11.3 Å². The zero-order valence-corrected chi connectivity index (χ0v) is 9.70. The zero-order chi connectivity index (χ0) is 12.8. The van der Waals surface area contributed by atoms with E-state index in [0.29, 0.717) is 10.6 Å².